The normalized spacial score (nSPS) is 12.5. The maximum atomic E-state index is 12.7. The zero-order chi connectivity index (χ0) is 20.1. The number of H-pyrrole nitrogens is 1. The van der Waals surface area contributed by atoms with Crippen LogP contribution in [0.4, 0.5) is 0 Å². The molecule has 3 aromatic rings. The number of aromatic amines is 1. The Kier molecular flexibility index (Phi) is 6.76. The Morgan fingerprint density at radius 3 is 2.64 bits per heavy atom. The number of para-hydroxylation sites is 1. The third-order valence-electron chi connectivity index (χ3n) is 5.14. The van der Waals surface area contributed by atoms with Crippen molar-refractivity contribution >= 4 is 28.4 Å². The molecule has 0 aliphatic rings. The molecule has 1 aromatic heterocycles. The SMILES string of the molecule is CCc1cccc2c([C@H](CC(=O)NCCN(C)C)c3ccccc3Cl)c[nH]c12. The summed E-state index contributed by atoms with van der Waals surface area (Å²) in [5.74, 6) is -0.0679. The summed E-state index contributed by atoms with van der Waals surface area (Å²) >= 11 is 6.53. The third-order valence-corrected chi connectivity index (χ3v) is 5.49. The van der Waals surface area contributed by atoms with Crippen molar-refractivity contribution in [1.82, 2.24) is 15.2 Å². The van der Waals surface area contributed by atoms with Crippen molar-refractivity contribution in [3.8, 4) is 0 Å². The van der Waals surface area contributed by atoms with E-state index in [1.165, 1.54) is 5.56 Å². The van der Waals surface area contributed by atoms with Gasteiger partial charge in [-0.2, -0.15) is 0 Å². The molecule has 1 heterocycles. The maximum absolute atomic E-state index is 12.7. The van der Waals surface area contributed by atoms with Gasteiger partial charge in [-0.3, -0.25) is 4.79 Å². The van der Waals surface area contributed by atoms with Crippen LogP contribution in [0.1, 0.15) is 36.0 Å². The molecule has 0 spiro atoms. The van der Waals surface area contributed by atoms with E-state index in [9.17, 15) is 4.79 Å². The Morgan fingerprint density at radius 2 is 1.93 bits per heavy atom. The quantitative estimate of drug-likeness (QED) is 0.584. The van der Waals surface area contributed by atoms with Crippen LogP contribution >= 0.6 is 11.6 Å². The number of aryl methyl sites for hydroxylation is 1. The number of likely N-dealkylation sites (N-methyl/N-ethyl adjacent to an activating group) is 1. The van der Waals surface area contributed by atoms with Gasteiger partial charge in [0.25, 0.3) is 0 Å². The number of rotatable bonds is 8. The topological polar surface area (TPSA) is 48.1 Å². The number of benzene rings is 2. The number of aromatic nitrogens is 1. The lowest BCUT2D eigenvalue weighted by molar-refractivity contribution is -0.121. The van der Waals surface area contributed by atoms with Crippen molar-refractivity contribution in [3.63, 3.8) is 0 Å². The van der Waals surface area contributed by atoms with E-state index in [-0.39, 0.29) is 11.8 Å². The van der Waals surface area contributed by atoms with Gasteiger partial charge in [0.15, 0.2) is 0 Å². The van der Waals surface area contributed by atoms with Crippen molar-refractivity contribution in [2.75, 3.05) is 27.2 Å². The summed E-state index contributed by atoms with van der Waals surface area (Å²) < 4.78 is 0. The summed E-state index contributed by atoms with van der Waals surface area (Å²) in [6, 6.07) is 14.1. The molecule has 0 saturated carbocycles. The Labute approximate surface area is 171 Å². The molecule has 3 rings (SSSR count). The van der Waals surface area contributed by atoms with Crippen LogP contribution in [0, 0.1) is 0 Å². The second-order valence-electron chi connectivity index (χ2n) is 7.37. The predicted molar refractivity (Wildman–Crippen MR) is 117 cm³/mol. The molecule has 4 nitrogen and oxygen atoms in total. The largest absolute Gasteiger partial charge is 0.361 e. The smallest absolute Gasteiger partial charge is 0.220 e. The standard InChI is InChI=1S/C23H28ClN3O/c1-4-16-8-7-10-18-20(15-26-23(16)18)19(17-9-5-6-11-21(17)24)14-22(28)25-12-13-27(2)3/h5-11,15,19,26H,4,12-14H2,1-3H3,(H,25,28)/t19-/m1/s1. The van der Waals surface area contributed by atoms with E-state index >= 15 is 0 Å². The number of hydrogen-bond donors (Lipinski definition) is 2. The van der Waals surface area contributed by atoms with Gasteiger partial charge in [0, 0.05) is 47.6 Å². The summed E-state index contributed by atoms with van der Waals surface area (Å²) in [5, 5.41) is 4.88. The molecule has 0 fully saturated rings. The summed E-state index contributed by atoms with van der Waals surface area (Å²) in [6.07, 6.45) is 3.35. The number of fused-ring (bicyclic) bond motifs is 1. The highest BCUT2D eigenvalue weighted by Gasteiger charge is 2.23. The third kappa shape index (κ3) is 4.57. The van der Waals surface area contributed by atoms with Gasteiger partial charge in [0.2, 0.25) is 5.91 Å². The van der Waals surface area contributed by atoms with Gasteiger partial charge < -0.3 is 15.2 Å². The summed E-state index contributed by atoms with van der Waals surface area (Å²) in [6.45, 7) is 3.60. The number of amides is 1. The minimum atomic E-state index is -0.103. The van der Waals surface area contributed by atoms with E-state index in [2.05, 4.69) is 40.3 Å². The first-order chi connectivity index (χ1) is 13.5. The van der Waals surface area contributed by atoms with Crippen molar-refractivity contribution < 1.29 is 4.79 Å². The van der Waals surface area contributed by atoms with Gasteiger partial charge in [-0.15, -0.1) is 0 Å². The number of carbonyl (C=O) groups is 1. The summed E-state index contributed by atoms with van der Waals surface area (Å²) in [5.41, 5.74) is 4.51. The fourth-order valence-corrected chi connectivity index (χ4v) is 3.91. The van der Waals surface area contributed by atoms with Crippen LogP contribution in [0.25, 0.3) is 10.9 Å². The highest BCUT2D eigenvalue weighted by atomic mass is 35.5. The monoisotopic (exact) mass is 397 g/mol. The van der Waals surface area contributed by atoms with Crippen LogP contribution in [-0.2, 0) is 11.2 Å². The van der Waals surface area contributed by atoms with Crippen LogP contribution in [0.3, 0.4) is 0 Å². The van der Waals surface area contributed by atoms with Gasteiger partial charge >= 0.3 is 0 Å². The summed E-state index contributed by atoms with van der Waals surface area (Å²) in [7, 11) is 3.99. The van der Waals surface area contributed by atoms with E-state index in [4.69, 9.17) is 11.6 Å². The van der Waals surface area contributed by atoms with Crippen molar-refractivity contribution in [1.29, 1.82) is 0 Å². The van der Waals surface area contributed by atoms with Gasteiger partial charge in [-0.05, 0) is 43.3 Å². The Bertz CT molecular complexity index is 948. The molecule has 28 heavy (non-hydrogen) atoms. The second kappa shape index (κ2) is 9.26. The van der Waals surface area contributed by atoms with E-state index in [0.717, 1.165) is 35.0 Å². The zero-order valence-corrected chi connectivity index (χ0v) is 17.5. The van der Waals surface area contributed by atoms with Gasteiger partial charge in [0.1, 0.15) is 0 Å². The lowest BCUT2D eigenvalue weighted by atomic mass is 9.87. The maximum Gasteiger partial charge on any atom is 0.220 e. The minimum Gasteiger partial charge on any atom is -0.361 e. The van der Waals surface area contributed by atoms with Crippen molar-refractivity contribution in [3.05, 3.63) is 70.4 Å². The Hall–Kier alpha value is -2.30. The van der Waals surface area contributed by atoms with Crippen LogP contribution in [0.5, 0.6) is 0 Å². The number of halogens is 1. The van der Waals surface area contributed by atoms with E-state index < -0.39 is 0 Å². The predicted octanol–water partition coefficient (Wildman–Crippen LogP) is 4.58. The van der Waals surface area contributed by atoms with Gasteiger partial charge in [0.05, 0.1) is 0 Å². The van der Waals surface area contributed by atoms with E-state index in [1.54, 1.807) is 0 Å². The number of carbonyl (C=O) groups excluding carboxylic acids is 1. The molecule has 0 aliphatic heterocycles. The van der Waals surface area contributed by atoms with Gasteiger partial charge in [-0.1, -0.05) is 54.9 Å². The molecular formula is C23H28ClN3O. The molecule has 2 N–H and O–H groups in total. The molecule has 0 aliphatic carbocycles. The molecule has 1 amide bonds. The van der Waals surface area contributed by atoms with Crippen molar-refractivity contribution in [2.24, 2.45) is 0 Å². The minimum absolute atomic E-state index is 0.0350. The first-order valence-corrected chi connectivity index (χ1v) is 10.1. The molecule has 0 saturated heterocycles. The molecule has 5 heteroatoms. The Balaban J connectivity index is 1.96. The lowest BCUT2D eigenvalue weighted by Gasteiger charge is -2.19. The molecule has 1 atom stereocenters. The molecule has 0 radical (unpaired) electrons. The molecule has 2 aromatic carbocycles. The van der Waals surface area contributed by atoms with Crippen LogP contribution in [0.2, 0.25) is 5.02 Å². The Morgan fingerprint density at radius 1 is 1.14 bits per heavy atom. The van der Waals surface area contributed by atoms with Crippen molar-refractivity contribution in [2.45, 2.75) is 25.7 Å². The summed E-state index contributed by atoms with van der Waals surface area (Å²) in [4.78, 5) is 18.2. The number of hydrogen-bond acceptors (Lipinski definition) is 2. The average molecular weight is 398 g/mol. The van der Waals surface area contributed by atoms with E-state index in [1.807, 2.05) is 44.6 Å². The molecule has 0 unspecified atom stereocenters. The average Bonchev–Trinajstić information content (AvgIpc) is 3.10. The highest BCUT2D eigenvalue weighted by molar-refractivity contribution is 6.31. The molecule has 0 bridgehead atoms. The number of nitrogens with one attached hydrogen (secondary N) is 2. The zero-order valence-electron chi connectivity index (χ0n) is 16.8. The van der Waals surface area contributed by atoms with Gasteiger partial charge in [-0.25, -0.2) is 0 Å². The number of nitrogens with zero attached hydrogens (tertiary/aromatic N) is 1. The van der Waals surface area contributed by atoms with Crippen LogP contribution in [0.15, 0.2) is 48.7 Å². The lowest BCUT2D eigenvalue weighted by Crippen LogP contribution is -2.32. The molecular weight excluding hydrogens is 370 g/mol. The van der Waals surface area contributed by atoms with E-state index in [0.29, 0.717) is 18.0 Å². The first kappa shape index (κ1) is 20.4. The van der Waals surface area contributed by atoms with Crippen LogP contribution < -0.4 is 5.32 Å². The van der Waals surface area contributed by atoms with Crippen LogP contribution in [-0.4, -0.2) is 43.0 Å². The fourth-order valence-electron chi connectivity index (χ4n) is 3.64. The second-order valence-corrected chi connectivity index (χ2v) is 7.78. The first-order valence-electron chi connectivity index (χ1n) is 9.76. The molecule has 148 valence electrons. The highest BCUT2D eigenvalue weighted by Crippen LogP contribution is 2.37. The fraction of sp³-hybridized carbons (Fsp3) is 0.348.